The number of aryl methyl sites for hydroxylation is 1. The van der Waals surface area contributed by atoms with Crippen molar-refractivity contribution in [1.82, 2.24) is 14.9 Å². The Hall–Kier alpha value is -2.71. The summed E-state index contributed by atoms with van der Waals surface area (Å²) in [6, 6.07) is 14.9. The number of nitrogens with zero attached hydrogens (tertiary/aromatic N) is 1. The zero-order chi connectivity index (χ0) is 19.4. The molecular formula is C19H17BrN4O2S. The first kappa shape index (κ1) is 19.1. The van der Waals surface area contributed by atoms with E-state index in [1.807, 2.05) is 49.4 Å². The Morgan fingerprint density at radius 3 is 2.63 bits per heavy atom. The number of H-pyrrole nitrogens is 1. The van der Waals surface area contributed by atoms with Crippen LogP contribution in [0.25, 0.3) is 5.69 Å². The number of carbonyl (C=O) groups excluding carboxylic acids is 2. The fourth-order valence-corrected chi connectivity index (χ4v) is 3.32. The van der Waals surface area contributed by atoms with Gasteiger partial charge in [0.2, 0.25) is 5.91 Å². The molecular weight excluding hydrogens is 428 g/mol. The molecule has 0 saturated carbocycles. The van der Waals surface area contributed by atoms with E-state index in [0.29, 0.717) is 16.2 Å². The van der Waals surface area contributed by atoms with Crippen LogP contribution in [-0.4, -0.2) is 27.9 Å². The molecule has 0 spiro atoms. The van der Waals surface area contributed by atoms with Gasteiger partial charge >= 0.3 is 0 Å². The summed E-state index contributed by atoms with van der Waals surface area (Å²) in [6.07, 6.45) is 1.53. The fourth-order valence-electron chi connectivity index (χ4n) is 2.58. The molecule has 8 heteroatoms. The van der Waals surface area contributed by atoms with E-state index >= 15 is 0 Å². The highest BCUT2D eigenvalue weighted by molar-refractivity contribution is 9.10. The molecule has 0 bridgehead atoms. The highest BCUT2D eigenvalue weighted by Gasteiger charge is 2.15. The van der Waals surface area contributed by atoms with Gasteiger partial charge in [-0.1, -0.05) is 34.1 Å². The summed E-state index contributed by atoms with van der Waals surface area (Å²) < 4.78 is 2.96. The molecule has 1 aromatic heterocycles. The minimum Gasteiger partial charge on any atom is -0.342 e. The molecule has 3 rings (SSSR count). The average molecular weight is 445 g/mol. The molecule has 0 aliphatic rings. The van der Waals surface area contributed by atoms with Gasteiger partial charge in [-0.3, -0.25) is 14.2 Å². The molecule has 3 aromatic rings. The maximum Gasteiger partial charge on any atom is 0.270 e. The van der Waals surface area contributed by atoms with Crippen molar-refractivity contribution in [3.05, 3.63) is 75.2 Å². The molecule has 0 saturated heterocycles. The van der Waals surface area contributed by atoms with E-state index in [0.717, 1.165) is 15.7 Å². The van der Waals surface area contributed by atoms with Crippen LogP contribution >= 0.6 is 28.1 Å². The van der Waals surface area contributed by atoms with Crippen LogP contribution in [0.4, 0.5) is 5.69 Å². The van der Waals surface area contributed by atoms with Gasteiger partial charge in [0, 0.05) is 22.0 Å². The monoisotopic (exact) mass is 444 g/mol. The predicted octanol–water partition coefficient (Wildman–Crippen LogP) is 3.97. The van der Waals surface area contributed by atoms with Gasteiger partial charge in [0.15, 0.2) is 4.77 Å². The topological polar surface area (TPSA) is 78.9 Å². The number of carbonyl (C=O) groups is 2. The normalized spacial score (nSPS) is 10.4. The second-order valence-corrected chi connectivity index (χ2v) is 7.14. The third-order valence-electron chi connectivity index (χ3n) is 3.90. The van der Waals surface area contributed by atoms with Gasteiger partial charge in [-0.15, -0.1) is 0 Å². The maximum atomic E-state index is 12.5. The number of nitrogens with one attached hydrogen (secondary N) is 3. The minimum atomic E-state index is -0.395. The Morgan fingerprint density at radius 1 is 1.19 bits per heavy atom. The van der Waals surface area contributed by atoms with E-state index in [-0.39, 0.29) is 12.5 Å². The smallest absolute Gasteiger partial charge is 0.270 e. The number of amides is 2. The molecule has 0 aliphatic heterocycles. The van der Waals surface area contributed by atoms with Crippen molar-refractivity contribution in [3.63, 3.8) is 0 Å². The third kappa shape index (κ3) is 4.53. The van der Waals surface area contributed by atoms with E-state index in [4.69, 9.17) is 12.2 Å². The summed E-state index contributed by atoms with van der Waals surface area (Å²) in [5.74, 6) is -0.706. The molecule has 0 aliphatic carbocycles. The SMILES string of the molecule is Cc1cc(Br)ccc1NC(=O)CNC(=O)c1c[nH]c(=S)n1-c1ccccc1. The molecule has 0 atom stereocenters. The third-order valence-corrected chi connectivity index (χ3v) is 4.69. The molecule has 0 fully saturated rings. The van der Waals surface area contributed by atoms with Crippen LogP contribution in [0.5, 0.6) is 0 Å². The van der Waals surface area contributed by atoms with Crippen LogP contribution in [0.2, 0.25) is 0 Å². The number of halogens is 1. The van der Waals surface area contributed by atoms with E-state index in [9.17, 15) is 9.59 Å². The minimum absolute atomic E-state index is 0.152. The molecule has 1 heterocycles. The Bertz CT molecular complexity index is 1040. The van der Waals surface area contributed by atoms with Crippen LogP contribution in [0.1, 0.15) is 16.1 Å². The summed E-state index contributed by atoms with van der Waals surface area (Å²) in [7, 11) is 0. The van der Waals surface area contributed by atoms with E-state index in [1.54, 1.807) is 10.6 Å². The molecule has 0 unspecified atom stereocenters. The second kappa shape index (κ2) is 8.32. The number of para-hydroxylation sites is 1. The number of imidazole rings is 1. The lowest BCUT2D eigenvalue weighted by Gasteiger charge is -2.11. The largest absolute Gasteiger partial charge is 0.342 e. The lowest BCUT2D eigenvalue weighted by molar-refractivity contribution is -0.115. The standard InChI is InChI=1S/C19H17BrN4O2S/c1-12-9-13(20)7-8-15(12)23-17(25)11-21-18(26)16-10-22-19(27)24(16)14-5-3-2-4-6-14/h2-10H,11H2,1H3,(H,21,26)(H,22,27)(H,23,25). The summed E-state index contributed by atoms with van der Waals surface area (Å²) in [5, 5.41) is 5.41. The van der Waals surface area contributed by atoms with Gasteiger partial charge in [0.25, 0.3) is 5.91 Å². The lowest BCUT2D eigenvalue weighted by Crippen LogP contribution is -2.34. The summed E-state index contributed by atoms with van der Waals surface area (Å²) >= 11 is 8.65. The second-order valence-electron chi connectivity index (χ2n) is 5.84. The highest BCUT2D eigenvalue weighted by Crippen LogP contribution is 2.19. The van der Waals surface area contributed by atoms with Crippen molar-refractivity contribution >= 4 is 45.6 Å². The van der Waals surface area contributed by atoms with Crippen molar-refractivity contribution in [2.24, 2.45) is 0 Å². The number of anilines is 1. The number of hydrogen-bond acceptors (Lipinski definition) is 3. The van der Waals surface area contributed by atoms with Crippen molar-refractivity contribution in [1.29, 1.82) is 0 Å². The van der Waals surface area contributed by atoms with E-state index in [2.05, 4.69) is 31.5 Å². The molecule has 138 valence electrons. The average Bonchev–Trinajstić information content (AvgIpc) is 3.04. The van der Waals surface area contributed by atoms with Crippen molar-refractivity contribution in [3.8, 4) is 5.69 Å². The first-order valence-corrected chi connectivity index (χ1v) is 9.36. The summed E-state index contributed by atoms with van der Waals surface area (Å²) in [6.45, 7) is 1.74. The predicted molar refractivity (Wildman–Crippen MR) is 111 cm³/mol. The van der Waals surface area contributed by atoms with Crippen LogP contribution < -0.4 is 10.6 Å². The van der Waals surface area contributed by atoms with Gasteiger partial charge in [0.1, 0.15) is 5.69 Å². The zero-order valence-electron chi connectivity index (χ0n) is 14.5. The van der Waals surface area contributed by atoms with Gasteiger partial charge in [-0.2, -0.15) is 0 Å². The molecule has 6 nitrogen and oxygen atoms in total. The fraction of sp³-hybridized carbons (Fsp3) is 0.105. The first-order valence-electron chi connectivity index (χ1n) is 8.16. The number of hydrogen-bond donors (Lipinski definition) is 3. The Labute approximate surface area is 169 Å². The number of aromatic nitrogens is 2. The van der Waals surface area contributed by atoms with Crippen molar-refractivity contribution in [2.45, 2.75) is 6.92 Å². The Kier molecular flexibility index (Phi) is 5.88. The van der Waals surface area contributed by atoms with Crippen LogP contribution in [0.15, 0.2) is 59.2 Å². The van der Waals surface area contributed by atoms with E-state index < -0.39 is 5.91 Å². The molecule has 3 N–H and O–H groups in total. The van der Waals surface area contributed by atoms with Crippen LogP contribution in [0.3, 0.4) is 0 Å². The maximum absolute atomic E-state index is 12.5. The highest BCUT2D eigenvalue weighted by atomic mass is 79.9. The molecule has 27 heavy (non-hydrogen) atoms. The van der Waals surface area contributed by atoms with Crippen LogP contribution in [0, 0.1) is 11.7 Å². The lowest BCUT2D eigenvalue weighted by atomic mass is 10.2. The molecule has 2 aromatic carbocycles. The Morgan fingerprint density at radius 2 is 1.93 bits per heavy atom. The molecule has 0 radical (unpaired) electrons. The van der Waals surface area contributed by atoms with Gasteiger partial charge in [-0.25, -0.2) is 0 Å². The summed E-state index contributed by atoms with van der Waals surface area (Å²) in [4.78, 5) is 27.6. The molecule has 2 amide bonds. The van der Waals surface area contributed by atoms with Gasteiger partial charge < -0.3 is 15.6 Å². The Balaban J connectivity index is 1.68. The first-order chi connectivity index (χ1) is 13.0. The van der Waals surface area contributed by atoms with Gasteiger partial charge in [-0.05, 0) is 55.0 Å². The number of rotatable bonds is 5. The van der Waals surface area contributed by atoms with Crippen LogP contribution in [-0.2, 0) is 4.79 Å². The number of benzene rings is 2. The van der Waals surface area contributed by atoms with Crippen molar-refractivity contribution < 1.29 is 9.59 Å². The van der Waals surface area contributed by atoms with Crippen molar-refractivity contribution in [2.75, 3.05) is 11.9 Å². The zero-order valence-corrected chi connectivity index (χ0v) is 16.9. The van der Waals surface area contributed by atoms with Gasteiger partial charge in [0.05, 0.1) is 6.54 Å². The number of aromatic amines is 1. The quantitative estimate of drug-likeness (QED) is 0.520. The van der Waals surface area contributed by atoms with E-state index in [1.165, 1.54) is 6.20 Å². The summed E-state index contributed by atoms with van der Waals surface area (Å²) in [5.41, 5.74) is 2.72.